The molecule has 132 valence electrons. The Labute approximate surface area is 143 Å². The van der Waals surface area contributed by atoms with Crippen molar-refractivity contribution in [2.45, 2.75) is 13.0 Å². The number of aromatic nitrogens is 1. The van der Waals surface area contributed by atoms with Gasteiger partial charge in [0.2, 0.25) is 5.76 Å². The standard InChI is InChI=1S/C17H17FN2O5/c1-10-7-11(3-4-12(10)18)15-9-20(5-6-24-15)16(21)13-8-14(25-19-13)17(22)23-2/h3-4,7-8,15H,5-6,9H2,1-2H3/t15-/m0/s1. The molecule has 0 N–H and O–H groups in total. The van der Waals surface area contributed by atoms with Gasteiger partial charge in [-0.1, -0.05) is 17.3 Å². The van der Waals surface area contributed by atoms with Crippen LogP contribution in [0.15, 0.2) is 28.8 Å². The van der Waals surface area contributed by atoms with E-state index in [1.807, 2.05) is 0 Å². The number of esters is 1. The van der Waals surface area contributed by atoms with Gasteiger partial charge in [-0.25, -0.2) is 9.18 Å². The summed E-state index contributed by atoms with van der Waals surface area (Å²) in [5.41, 5.74) is 1.34. The van der Waals surface area contributed by atoms with Crippen molar-refractivity contribution in [3.05, 3.63) is 52.7 Å². The van der Waals surface area contributed by atoms with Crippen LogP contribution in [0.25, 0.3) is 0 Å². The van der Waals surface area contributed by atoms with Crippen molar-refractivity contribution in [3.63, 3.8) is 0 Å². The minimum absolute atomic E-state index is 0.0244. The van der Waals surface area contributed by atoms with Crippen LogP contribution < -0.4 is 0 Å². The summed E-state index contributed by atoms with van der Waals surface area (Å²) >= 11 is 0. The van der Waals surface area contributed by atoms with Crippen molar-refractivity contribution in [1.82, 2.24) is 10.1 Å². The van der Waals surface area contributed by atoms with E-state index in [-0.39, 0.29) is 29.3 Å². The number of benzene rings is 1. The first-order chi connectivity index (χ1) is 12.0. The molecule has 0 radical (unpaired) electrons. The second-order valence-corrected chi connectivity index (χ2v) is 5.69. The average Bonchev–Trinajstić information content (AvgIpc) is 3.13. The third kappa shape index (κ3) is 3.53. The van der Waals surface area contributed by atoms with E-state index in [2.05, 4.69) is 9.89 Å². The Hall–Kier alpha value is -2.74. The number of carbonyl (C=O) groups excluding carboxylic acids is 2. The topological polar surface area (TPSA) is 81.9 Å². The Morgan fingerprint density at radius 3 is 2.88 bits per heavy atom. The highest BCUT2D eigenvalue weighted by molar-refractivity contribution is 5.95. The van der Waals surface area contributed by atoms with Gasteiger partial charge in [0, 0.05) is 12.6 Å². The molecule has 1 amide bonds. The fraction of sp³-hybridized carbons (Fsp3) is 0.353. The molecule has 2 aromatic rings. The molecule has 1 fully saturated rings. The zero-order chi connectivity index (χ0) is 18.0. The van der Waals surface area contributed by atoms with Crippen LogP contribution in [-0.2, 0) is 9.47 Å². The number of rotatable bonds is 3. The third-order valence-corrected chi connectivity index (χ3v) is 4.02. The summed E-state index contributed by atoms with van der Waals surface area (Å²) in [6, 6.07) is 5.99. The Kier molecular flexibility index (Phi) is 4.80. The molecule has 25 heavy (non-hydrogen) atoms. The number of halogens is 1. The summed E-state index contributed by atoms with van der Waals surface area (Å²) in [6.07, 6.45) is -0.357. The molecule has 1 aromatic heterocycles. The van der Waals surface area contributed by atoms with Crippen molar-refractivity contribution < 1.29 is 28.0 Å². The SMILES string of the molecule is COC(=O)c1cc(C(=O)N2CCO[C@H](c3ccc(F)c(C)c3)C2)no1. The van der Waals surface area contributed by atoms with Gasteiger partial charge in [0.1, 0.15) is 11.9 Å². The van der Waals surface area contributed by atoms with Gasteiger partial charge in [-0.2, -0.15) is 0 Å². The lowest BCUT2D eigenvalue weighted by Gasteiger charge is -2.32. The van der Waals surface area contributed by atoms with Gasteiger partial charge in [0.25, 0.3) is 5.91 Å². The van der Waals surface area contributed by atoms with Gasteiger partial charge in [-0.3, -0.25) is 4.79 Å². The first kappa shape index (κ1) is 17.1. The molecule has 3 rings (SSSR count). The summed E-state index contributed by atoms with van der Waals surface area (Å²) in [5, 5.41) is 3.63. The Morgan fingerprint density at radius 1 is 1.36 bits per heavy atom. The Balaban J connectivity index is 1.74. The molecule has 8 heteroatoms. The van der Waals surface area contributed by atoms with Crippen LogP contribution in [0.5, 0.6) is 0 Å². The quantitative estimate of drug-likeness (QED) is 0.791. The first-order valence-electron chi connectivity index (χ1n) is 7.71. The van der Waals surface area contributed by atoms with E-state index in [9.17, 15) is 14.0 Å². The van der Waals surface area contributed by atoms with E-state index in [1.165, 1.54) is 19.2 Å². The van der Waals surface area contributed by atoms with Crippen molar-refractivity contribution in [3.8, 4) is 0 Å². The van der Waals surface area contributed by atoms with Gasteiger partial charge in [-0.15, -0.1) is 0 Å². The molecular formula is C17H17FN2O5. The molecule has 0 unspecified atom stereocenters. The molecule has 0 saturated carbocycles. The zero-order valence-electron chi connectivity index (χ0n) is 13.8. The maximum atomic E-state index is 13.4. The lowest BCUT2D eigenvalue weighted by Crippen LogP contribution is -2.42. The highest BCUT2D eigenvalue weighted by Crippen LogP contribution is 2.25. The van der Waals surface area contributed by atoms with E-state index in [1.54, 1.807) is 24.0 Å². The lowest BCUT2D eigenvalue weighted by molar-refractivity contribution is -0.0231. The Bertz CT molecular complexity index is 804. The third-order valence-electron chi connectivity index (χ3n) is 4.02. The van der Waals surface area contributed by atoms with Gasteiger partial charge >= 0.3 is 5.97 Å². The molecule has 1 atom stereocenters. The van der Waals surface area contributed by atoms with Gasteiger partial charge in [0.05, 0.1) is 20.3 Å². The minimum Gasteiger partial charge on any atom is -0.463 e. The normalized spacial score (nSPS) is 17.4. The minimum atomic E-state index is -0.701. The number of morpholine rings is 1. The number of carbonyl (C=O) groups is 2. The smallest absolute Gasteiger partial charge is 0.376 e. The van der Waals surface area contributed by atoms with Crippen LogP contribution in [0.3, 0.4) is 0 Å². The maximum absolute atomic E-state index is 13.4. The largest absolute Gasteiger partial charge is 0.463 e. The molecule has 0 aliphatic carbocycles. The molecule has 2 heterocycles. The van der Waals surface area contributed by atoms with E-state index >= 15 is 0 Å². The predicted molar refractivity (Wildman–Crippen MR) is 83.6 cm³/mol. The number of methoxy groups -OCH3 is 1. The van der Waals surface area contributed by atoms with Crippen molar-refractivity contribution >= 4 is 11.9 Å². The first-order valence-corrected chi connectivity index (χ1v) is 7.71. The highest BCUT2D eigenvalue weighted by Gasteiger charge is 2.29. The monoisotopic (exact) mass is 348 g/mol. The van der Waals surface area contributed by atoms with Crippen LogP contribution in [0.1, 0.15) is 38.3 Å². The molecule has 1 aromatic carbocycles. The molecule has 1 aliphatic heterocycles. The van der Waals surface area contributed by atoms with Gasteiger partial charge < -0.3 is 18.9 Å². The molecule has 0 spiro atoms. The summed E-state index contributed by atoms with van der Waals surface area (Å²) in [6.45, 7) is 2.70. The summed E-state index contributed by atoms with van der Waals surface area (Å²) in [4.78, 5) is 25.5. The lowest BCUT2D eigenvalue weighted by atomic mass is 10.0. The fourth-order valence-corrected chi connectivity index (χ4v) is 2.64. The maximum Gasteiger partial charge on any atom is 0.376 e. The molecular weight excluding hydrogens is 331 g/mol. The van der Waals surface area contributed by atoms with Crippen molar-refractivity contribution in [2.75, 3.05) is 26.8 Å². The molecule has 1 saturated heterocycles. The number of amides is 1. The number of nitrogens with zero attached hydrogens (tertiary/aromatic N) is 2. The summed E-state index contributed by atoms with van der Waals surface area (Å²) < 4.78 is 28.5. The van der Waals surface area contributed by atoms with Crippen molar-refractivity contribution in [1.29, 1.82) is 0 Å². The van der Waals surface area contributed by atoms with Gasteiger partial charge in [0.15, 0.2) is 5.69 Å². The highest BCUT2D eigenvalue weighted by atomic mass is 19.1. The summed E-state index contributed by atoms with van der Waals surface area (Å²) in [7, 11) is 1.21. The predicted octanol–water partition coefficient (Wildman–Crippen LogP) is 2.12. The Morgan fingerprint density at radius 2 is 2.16 bits per heavy atom. The van der Waals surface area contributed by atoms with E-state index in [0.717, 1.165) is 5.56 Å². The van der Waals surface area contributed by atoms with Crippen LogP contribution in [0.2, 0.25) is 0 Å². The number of hydrogen-bond donors (Lipinski definition) is 0. The number of ether oxygens (including phenoxy) is 2. The van der Waals surface area contributed by atoms with Crippen molar-refractivity contribution in [2.24, 2.45) is 0 Å². The van der Waals surface area contributed by atoms with E-state index in [0.29, 0.717) is 25.3 Å². The van der Waals surface area contributed by atoms with E-state index < -0.39 is 5.97 Å². The molecule has 7 nitrogen and oxygen atoms in total. The van der Waals surface area contributed by atoms with Crippen LogP contribution in [-0.4, -0.2) is 48.7 Å². The van der Waals surface area contributed by atoms with E-state index in [4.69, 9.17) is 9.26 Å². The molecule has 1 aliphatic rings. The van der Waals surface area contributed by atoms with Crippen LogP contribution in [0, 0.1) is 12.7 Å². The van der Waals surface area contributed by atoms with Crippen LogP contribution >= 0.6 is 0 Å². The second-order valence-electron chi connectivity index (χ2n) is 5.69. The van der Waals surface area contributed by atoms with Crippen LogP contribution in [0.4, 0.5) is 4.39 Å². The molecule has 0 bridgehead atoms. The van der Waals surface area contributed by atoms with Gasteiger partial charge in [-0.05, 0) is 24.1 Å². The number of aryl methyl sites for hydroxylation is 1. The summed E-state index contributed by atoms with van der Waals surface area (Å²) in [5.74, 6) is -1.49. The fourth-order valence-electron chi connectivity index (χ4n) is 2.64. The zero-order valence-corrected chi connectivity index (χ0v) is 13.8. The number of hydrogen-bond acceptors (Lipinski definition) is 6. The average molecular weight is 348 g/mol. The second kappa shape index (κ2) is 7.02.